The summed E-state index contributed by atoms with van der Waals surface area (Å²) < 4.78 is 38.3. The third-order valence-corrected chi connectivity index (χ3v) is 4.53. The van der Waals surface area contributed by atoms with E-state index < -0.39 is 11.6 Å². The Morgan fingerprint density at radius 2 is 1.61 bits per heavy atom. The molecule has 0 heterocycles. The van der Waals surface area contributed by atoms with Gasteiger partial charge in [0.1, 0.15) is 0 Å². The first-order valence-electron chi connectivity index (χ1n) is 8.50. The SMILES string of the molecule is C=CCCC1CCC(COc2ccc(OCC)c(F)c2F)CC1. The Bertz CT molecular complexity index is 508. The van der Waals surface area contributed by atoms with E-state index in [4.69, 9.17) is 9.47 Å². The summed E-state index contributed by atoms with van der Waals surface area (Å²) in [7, 11) is 0. The molecule has 0 radical (unpaired) electrons. The molecule has 23 heavy (non-hydrogen) atoms. The van der Waals surface area contributed by atoms with Crippen molar-refractivity contribution in [3.63, 3.8) is 0 Å². The number of allylic oxidation sites excluding steroid dienone is 1. The minimum absolute atomic E-state index is 0.0280. The first-order chi connectivity index (χ1) is 11.2. The molecule has 4 heteroatoms. The Labute approximate surface area is 137 Å². The van der Waals surface area contributed by atoms with Gasteiger partial charge in [0.2, 0.25) is 11.6 Å². The van der Waals surface area contributed by atoms with Crippen LogP contribution in [0.5, 0.6) is 11.5 Å². The molecule has 1 aliphatic rings. The van der Waals surface area contributed by atoms with Gasteiger partial charge in [-0.05, 0) is 56.6 Å². The van der Waals surface area contributed by atoms with Crippen molar-refractivity contribution in [1.82, 2.24) is 0 Å². The van der Waals surface area contributed by atoms with Crippen molar-refractivity contribution >= 4 is 0 Å². The second-order valence-electron chi connectivity index (χ2n) is 6.19. The van der Waals surface area contributed by atoms with Gasteiger partial charge in [-0.1, -0.05) is 18.9 Å². The molecule has 0 unspecified atom stereocenters. The smallest absolute Gasteiger partial charge is 0.204 e. The molecule has 0 aliphatic heterocycles. The molecular formula is C19H26F2O2. The van der Waals surface area contributed by atoms with Gasteiger partial charge in [-0.25, -0.2) is 0 Å². The van der Waals surface area contributed by atoms with Crippen LogP contribution in [0.15, 0.2) is 24.8 Å². The summed E-state index contributed by atoms with van der Waals surface area (Å²) in [6.07, 6.45) is 8.78. The highest BCUT2D eigenvalue weighted by Gasteiger charge is 2.22. The molecule has 0 bridgehead atoms. The van der Waals surface area contributed by atoms with Crippen LogP contribution in [0.2, 0.25) is 0 Å². The first-order valence-corrected chi connectivity index (χ1v) is 8.50. The third kappa shape index (κ3) is 4.95. The summed E-state index contributed by atoms with van der Waals surface area (Å²) in [5, 5.41) is 0. The second kappa shape index (κ2) is 8.90. The number of rotatable bonds is 8. The maximum absolute atomic E-state index is 14.0. The standard InChI is InChI=1S/C19H26F2O2/c1-3-5-6-14-7-9-15(10-8-14)13-23-17-12-11-16(22-4-2)18(20)19(17)21/h3,11-12,14-15H,1,4-10,13H2,2H3. The van der Waals surface area contributed by atoms with Gasteiger partial charge >= 0.3 is 0 Å². The summed E-state index contributed by atoms with van der Waals surface area (Å²) >= 11 is 0. The number of ether oxygens (including phenoxy) is 2. The van der Waals surface area contributed by atoms with Crippen LogP contribution in [0.1, 0.15) is 45.4 Å². The molecule has 0 N–H and O–H groups in total. The van der Waals surface area contributed by atoms with Gasteiger partial charge in [-0.15, -0.1) is 6.58 Å². The molecule has 0 aromatic heterocycles. The summed E-state index contributed by atoms with van der Waals surface area (Å²) in [6, 6.07) is 2.86. The van der Waals surface area contributed by atoms with Crippen LogP contribution >= 0.6 is 0 Å². The summed E-state index contributed by atoms with van der Waals surface area (Å²) in [5.74, 6) is -0.846. The van der Waals surface area contributed by atoms with Crippen molar-refractivity contribution in [2.24, 2.45) is 11.8 Å². The number of hydrogen-bond acceptors (Lipinski definition) is 2. The monoisotopic (exact) mass is 324 g/mol. The molecule has 128 valence electrons. The molecule has 2 rings (SSSR count). The Balaban J connectivity index is 1.83. The normalized spacial score (nSPS) is 21.0. The zero-order chi connectivity index (χ0) is 16.7. The second-order valence-corrected chi connectivity index (χ2v) is 6.19. The van der Waals surface area contributed by atoms with Crippen LogP contribution in [-0.4, -0.2) is 13.2 Å². The van der Waals surface area contributed by atoms with Crippen molar-refractivity contribution in [2.45, 2.75) is 45.4 Å². The Morgan fingerprint density at radius 3 is 2.17 bits per heavy atom. The van der Waals surface area contributed by atoms with E-state index in [2.05, 4.69) is 6.58 Å². The minimum Gasteiger partial charge on any atom is -0.491 e. The van der Waals surface area contributed by atoms with E-state index >= 15 is 0 Å². The van der Waals surface area contributed by atoms with Crippen LogP contribution in [-0.2, 0) is 0 Å². The van der Waals surface area contributed by atoms with Gasteiger partial charge in [0.05, 0.1) is 13.2 Å². The van der Waals surface area contributed by atoms with Crippen LogP contribution in [0.25, 0.3) is 0 Å². The first kappa shape index (κ1) is 17.8. The Morgan fingerprint density at radius 1 is 1.04 bits per heavy atom. The number of halogens is 2. The van der Waals surface area contributed by atoms with Crippen LogP contribution in [0.4, 0.5) is 8.78 Å². The predicted octanol–water partition coefficient (Wildman–Crippen LogP) is 5.51. The van der Waals surface area contributed by atoms with Crippen molar-refractivity contribution in [3.05, 3.63) is 36.4 Å². The number of benzene rings is 1. The zero-order valence-electron chi connectivity index (χ0n) is 13.8. The van der Waals surface area contributed by atoms with Crippen molar-refractivity contribution < 1.29 is 18.3 Å². The average Bonchev–Trinajstić information content (AvgIpc) is 2.57. The van der Waals surface area contributed by atoms with E-state index in [-0.39, 0.29) is 11.5 Å². The van der Waals surface area contributed by atoms with Crippen molar-refractivity contribution in [3.8, 4) is 11.5 Å². The highest BCUT2D eigenvalue weighted by atomic mass is 19.2. The van der Waals surface area contributed by atoms with E-state index in [1.165, 1.54) is 31.4 Å². The lowest BCUT2D eigenvalue weighted by Crippen LogP contribution is -2.20. The molecule has 1 aromatic carbocycles. The lowest BCUT2D eigenvalue weighted by atomic mass is 9.80. The highest BCUT2D eigenvalue weighted by Crippen LogP contribution is 2.33. The van der Waals surface area contributed by atoms with Crippen LogP contribution in [0, 0.1) is 23.5 Å². The van der Waals surface area contributed by atoms with E-state index in [1.807, 2.05) is 6.08 Å². The molecular weight excluding hydrogens is 298 g/mol. The zero-order valence-corrected chi connectivity index (χ0v) is 13.8. The molecule has 0 spiro atoms. The van der Waals surface area contributed by atoms with E-state index in [1.54, 1.807) is 6.92 Å². The van der Waals surface area contributed by atoms with Gasteiger partial charge in [-0.2, -0.15) is 8.78 Å². The summed E-state index contributed by atoms with van der Waals surface area (Å²) in [6.45, 7) is 6.23. The van der Waals surface area contributed by atoms with Crippen LogP contribution < -0.4 is 9.47 Å². The minimum atomic E-state index is -0.975. The largest absolute Gasteiger partial charge is 0.491 e. The summed E-state index contributed by atoms with van der Waals surface area (Å²) in [5.41, 5.74) is 0. The molecule has 2 nitrogen and oxygen atoms in total. The fourth-order valence-electron chi connectivity index (χ4n) is 3.14. The molecule has 0 saturated heterocycles. The topological polar surface area (TPSA) is 18.5 Å². The third-order valence-electron chi connectivity index (χ3n) is 4.53. The Hall–Kier alpha value is -1.58. The molecule has 0 atom stereocenters. The maximum atomic E-state index is 14.0. The van der Waals surface area contributed by atoms with Crippen LogP contribution in [0.3, 0.4) is 0 Å². The predicted molar refractivity (Wildman–Crippen MR) is 87.9 cm³/mol. The van der Waals surface area contributed by atoms with E-state index in [9.17, 15) is 8.78 Å². The number of hydrogen-bond donors (Lipinski definition) is 0. The molecule has 1 fully saturated rings. The van der Waals surface area contributed by atoms with E-state index in [0.717, 1.165) is 25.2 Å². The summed E-state index contributed by atoms with van der Waals surface area (Å²) in [4.78, 5) is 0. The van der Waals surface area contributed by atoms with Crippen molar-refractivity contribution in [2.75, 3.05) is 13.2 Å². The van der Waals surface area contributed by atoms with Gasteiger partial charge in [0.25, 0.3) is 0 Å². The lowest BCUT2D eigenvalue weighted by molar-refractivity contribution is 0.173. The maximum Gasteiger partial charge on any atom is 0.204 e. The van der Waals surface area contributed by atoms with Gasteiger partial charge in [0.15, 0.2) is 11.5 Å². The van der Waals surface area contributed by atoms with Gasteiger partial charge in [-0.3, -0.25) is 0 Å². The Kier molecular flexibility index (Phi) is 6.87. The fourth-order valence-corrected chi connectivity index (χ4v) is 3.14. The van der Waals surface area contributed by atoms with Gasteiger partial charge in [0, 0.05) is 0 Å². The quantitative estimate of drug-likeness (QED) is 0.587. The molecule has 0 amide bonds. The van der Waals surface area contributed by atoms with E-state index in [0.29, 0.717) is 19.1 Å². The van der Waals surface area contributed by atoms with Crippen molar-refractivity contribution in [1.29, 1.82) is 0 Å². The average molecular weight is 324 g/mol. The lowest BCUT2D eigenvalue weighted by Gasteiger charge is -2.28. The molecule has 1 aliphatic carbocycles. The fraction of sp³-hybridized carbons (Fsp3) is 0.579. The molecule has 1 aromatic rings. The molecule has 1 saturated carbocycles. The van der Waals surface area contributed by atoms with Gasteiger partial charge < -0.3 is 9.47 Å². The highest BCUT2D eigenvalue weighted by molar-refractivity contribution is 5.35.